The highest BCUT2D eigenvalue weighted by atomic mass is 32.2. The van der Waals surface area contributed by atoms with E-state index in [4.69, 9.17) is 14.2 Å². The Labute approximate surface area is 208 Å². The van der Waals surface area contributed by atoms with Crippen LogP contribution >= 0.6 is 11.8 Å². The fourth-order valence-electron chi connectivity index (χ4n) is 2.99. The number of hydrogen-bond donors (Lipinski definition) is 1. The third-order valence-corrected chi connectivity index (χ3v) is 5.65. The molecule has 10 heteroatoms. The minimum Gasteiger partial charge on any atom is -0.497 e. The number of esters is 1. The van der Waals surface area contributed by atoms with Gasteiger partial charge in [-0.3, -0.25) is 9.36 Å². The van der Waals surface area contributed by atoms with Crippen molar-refractivity contribution < 1.29 is 23.8 Å². The van der Waals surface area contributed by atoms with E-state index in [0.29, 0.717) is 41.1 Å². The molecule has 0 spiro atoms. The SMILES string of the molecule is C=CCn1c(COc2ccc(OC)cc2)nnc1SCC(=O)Nc1cccc(C(=O)OCCC)c1. The average Bonchev–Trinajstić information content (AvgIpc) is 3.26. The van der Waals surface area contributed by atoms with Crippen LogP contribution in [0.3, 0.4) is 0 Å². The lowest BCUT2D eigenvalue weighted by Crippen LogP contribution is -2.15. The maximum Gasteiger partial charge on any atom is 0.338 e. The number of aromatic nitrogens is 3. The number of carbonyl (C=O) groups is 2. The Kier molecular flexibility index (Phi) is 9.73. The monoisotopic (exact) mass is 496 g/mol. The Hall–Kier alpha value is -3.79. The van der Waals surface area contributed by atoms with Gasteiger partial charge in [-0.15, -0.1) is 16.8 Å². The van der Waals surface area contributed by atoms with Crippen molar-refractivity contribution in [3.63, 3.8) is 0 Å². The largest absolute Gasteiger partial charge is 0.497 e. The summed E-state index contributed by atoms with van der Waals surface area (Å²) in [4.78, 5) is 24.6. The highest BCUT2D eigenvalue weighted by Crippen LogP contribution is 2.21. The van der Waals surface area contributed by atoms with E-state index in [0.717, 1.165) is 12.2 Å². The van der Waals surface area contributed by atoms with Gasteiger partial charge >= 0.3 is 5.97 Å². The minimum atomic E-state index is -0.417. The number of benzene rings is 2. The normalized spacial score (nSPS) is 10.5. The number of nitrogens with zero attached hydrogens (tertiary/aromatic N) is 3. The first-order valence-electron chi connectivity index (χ1n) is 11.0. The van der Waals surface area contributed by atoms with E-state index in [2.05, 4.69) is 22.1 Å². The summed E-state index contributed by atoms with van der Waals surface area (Å²) in [7, 11) is 1.61. The summed E-state index contributed by atoms with van der Waals surface area (Å²) in [5.41, 5.74) is 0.902. The Bertz CT molecular complexity index is 1150. The smallest absolute Gasteiger partial charge is 0.338 e. The molecular formula is C25H28N4O5S. The van der Waals surface area contributed by atoms with Gasteiger partial charge in [-0.2, -0.15) is 0 Å². The molecule has 1 aromatic heterocycles. The topological polar surface area (TPSA) is 105 Å². The fourth-order valence-corrected chi connectivity index (χ4v) is 3.76. The molecule has 35 heavy (non-hydrogen) atoms. The van der Waals surface area contributed by atoms with Gasteiger partial charge in [0.25, 0.3) is 0 Å². The lowest BCUT2D eigenvalue weighted by Gasteiger charge is -2.10. The average molecular weight is 497 g/mol. The van der Waals surface area contributed by atoms with E-state index in [1.807, 2.05) is 35.8 Å². The van der Waals surface area contributed by atoms with Gasteiger partial charge in [0.05, 0.1) is 25.0 Å². The summed E-state index contributed by atoms with van der Waals surface area (Å²) in [5.74, 6) is 1.49. The molecule has 0 unspecified atom stereocenters. The molecule has 0 aliphatic carbocycles. The zero-order chi connectivity index (χ0) is 25.0. The number of ether oxygens (including phenoxy) is 3. The van der Waals surface area contributed by atoms with Crippen LogP contribution in [0.4, 0.5) is 5.69 Å². The second-order valence-corrected chi connectivity index (χ2v) is 8.26. The molecule has 2 aromatic carbocycles. The molecule has 9 nitrogen and oxygen atoms in total. The molecule has 1 N–H and O–H groups in total. The maximum absolute atomic E-state index is 12.5. The Morgan fingerprint density at radius 2 is 1.91 bits per heavy atom. The number of anilines is 1. The Balaban J connectivity index is 1.57. The number of hydrogen-bond acceptors (Lipinski definition) is 8. The zero-order valence-electron chi connectivity index (χ0n) is 19.7. The number of allylic oxidation sites excluding steroid dienone is 1. The minimum absolute atomic E-state index is 0.110. The van der Waals surface area contributed by atoms with Gasteiger partial charge in [0.2, 0.25) is 5.91 Å². The summed E-state index contributed by atoms with van der Waals surface area (Å²) in [6, 6.07) is 13.9. The molecule has 0 saturated heterocycles. The standard InChI is InChI=1S/C25H28N4O5S/c1-4-13-29-22(16-34-21-11-9-20(32-3)10-12-21)27-28-25(29)35-17-23(30)26-19-8-6-7-18(15-19)24(31)33-14-5-2/h4,6-12,15H,1,5,13-14,16-17H2,2-3H3,(H,26,30). The maximum atomic E-state index is 12.5. The molecule has 0 fully saturated rings. The van der Waals surface area contributed by atoms with Crippen molar-refractivity contribution in [3.05, 3.63) is 72.6 Å². The molecule has 1 heterocycles. The molecule has 3 aromatic rings. The highest BCUT2D eigenvalue weighted by Gasteiger charge is 2.15. The first-order chi connectivity index (χ1) is 17.0. The second kappa shape index (κ2) is 13.2. The number of methoxy groups -OCH3 is 1. The van der Waals surface area contributed by atoms with Gasteiger partial charge in [0.15, 0.2) is 11.0 Å². The van der Waals surface area contributed by atoms with Crippen LogP contribution in [0.2, 0.25) is 0 Å². The van der Waals surface area contributed by atoms with Crippen molar-refractivity contribution >= 4 is 29.3 Å². The number of nitrogens with one attached hydrogen (secondary N) is 1. The predicted octanol–water partition coefficient (Wildman–Crippen LogP) is 4.35. The van der Waals surface area contributed by atoms with Crippen molar-refractivity contribution in [2.24, 2.45) is 0 Å². The van der Waals surface area contributed by atoms with Gasteiger partial charge in [-0.05, 0) is 48.9 Å². The van der Waals surface area contributed by atoms with E-state index >= 15 is 0 Å². The van der Waals surface area contributed by atoms with Crippen LogP contribution in [0, 0.1) is 0 Å². The third-order valence-electron chi connectivity index (χ3n) is 4.68. The van der Waals surface area contributed by atoms with Crippen LogP contribution < -0.4 is 14.8 Å². The van der Waals surface area contributed by atoms with E-state index in [1.165, 1.54) is 11.8 Å². The number of rotatable bonds is 13. The quantitative estimate of drug-likeness (QED) is 0.212. The molecule has 0 atom stereocenters. The van der Waals surface area contributed by atoms with Crippen LogP contribution in [0.25, 0.3) is 0 Å². The van der Waals surface area contributed by atoms with Crippen LogP contribution in [0.1, 0.15) is 29.5 Å². The van der Waals surface area contributed by atoms with Crippen LogP contribution in [0.5, 0.6) is 11.5 Å². The van der Waals surface area contributed by atoms with Crippen molar-refractivity contribution in [1.29, 1.82) is 0 Å². The zero-order valence-corrected chi connectivity index (χ0v) is 20.5. The predicted molar refractivity (Wildman–Crippen MR) is 134 cm³/mol. The van der Waals surface area contributed by atoms with E-state index in [1.54, 1.807) is 37.5 Å². The summed E-state index contributed by atoms with van der Waals surface area (Å²) in [6.07, 6.45) is 2.47. The van der Waals surface area contributed by atoms with Gasteiger partial charge < -0.3 is 19.5 Å². The van der Waals surface area contributed by atoms with Gasteiger partial charge in [-0.1, -0.05) is 30.8 Å². The van der Waals surface area contributed by atoms with Crippen molar-refractivity contribution in [3.8, 4) is 11.5 Å². The molecule has 0 radical (unpaired) electrons. The summed E-state index contributed by atoms with van der Waals surface area (Å²) >= 11 is 1.25. The molecule has 0 aliphatic heterocycles. The van der Waals surface area contributed by atoms with Gasteiger partial charge in [0, 0.05) is 12.2 Å². The third kappa shape index (κ3) is 7.61. The highest BCUT2D eigenvalue weighted by molar-refractivity contribution is 7.99. The van der Waals surface area contributed by atoms with Gasteiger partial charge in [0.1, 0.15) is 18.1 Å². The molecule has 184 valence electrons. The first-order valence-corrected chi connectivity index (χ1v) is 12.0. The van der Waals surface area contributed by atoms with E-state index in [-0.39, 0.29) is 18.3 Å². The lowest BCUT2D eigenvalue weighted by atomic mass is 10.2. The fraction of sp³-hybridized carbons (Fsp3) is 0.280. The first kappa shape index (κ1) is 25.8. The molecule has 0 bridgehead atoms. The van der Waals surface area contributed by atoms with Crippen molar-refractivity contribution in [2.75, 3.05) is 24.8 Å². The number of carbonyl (C=O) groups excluding carboxylic acids is 2. The van der Waals surface area contributed by atoms with Crippen LogP contribution in [-0.2, 0) is 22.7 Å². The Morgan fingerprint density at radius 1 is 1.14 bits per heavy atom. The molecule has 0 saturated carbocycles. The summed E-state index contributed by atoms with van der Waals surface area (Å²) < 4.78 is 18.0. The molecule has 3 rings (SSSR count). The van der Waals surface area contributed by atoms with E-state index < -0.39 is 5.97 Å². The lowest BCUT2D eigenvalue weighted by molar-refractivity contribution is -0.113. The number of thioether (sulfide) groups is 1. The number of amides is 1. The molecule has 1 amide bonds. The van der Waals surface area contributed by atoms with Crippen LogP contribution in [-0.4, -0.2) is 46.1 Å². The Morgan fingerprint density at radius 3 is 2.63 bits per heavy atom. The molecule has 0 aliphatic rings. The van der Waals surface area contributed by atoms with Crippen molar-refractivity contribution in [2.45, 2.75) is 31.7 Å². The van der Waals surface area contributed by atoms with Crippen LogP contribution in [0.15, 0.2) is 66.3 Å². The van der Waals surface area contributed by atoms with E-state index in [9.17, 15) is 9.59 Å². The van der Waals surface area contributed by atoms with Crippen molar-refractivity contribution in [1.82, 2.24) is 14.8 Å². The second-order valence-electron chi connectivity index (χ2n) is 7.32. The molecular weight excluding hydrogens is 468 g/mol. The summed E-state index contributed by atoms with van der Waals surface area (Å²) in [5, 5.41) is 11.8. The summed E-state index contributed by atoms with van der Waals surface area (Å²) in [6.45, 7) is 6.75. The van der Waals surface area contributed by atoms with Gasteiger partial charge in [-0.25, -0.2) is 4.79 Å².